The first-order valence-corrected chi connectivity index (χ1v) is 11.5. The number of morpholine rings is 1. The number of halogens is 1. The van der Waals surface area contributed by atoms with Gasteiger partial charge in [-0.15, -0.1) is 11.3 Å². The summed E-state index contributed by atoms with van der Waals surface area (Å²) in [5.41, 5.74) is 0.838. The molecule has 10 heteroatoms. The van der Waals surface area contributed by atoms with E-state index >= 15 is 0 Å². The van der Waals surface area contributed by atoms with Crippen LogP contribution in [0.5, 0.6) is 0 Å². The lowest BCUT2D eigenvalue weighted by atomic mass is 10.2. The fourth-order valence-electron chi connectivity index (χ4n) is 3.04. The third-order valence-electron chi connectivity index (χ3n) is 4.50. The highest BCUT2D eigenvalue weighted by Gasteiger charge is 2.27. The van der Waals surface area contributed by atoms with Gasteiger partial charge in [-0.1, -0.05) is 12.1 Å². The summed E-state index contributed by atoms with van der Waals surface area (Å²) < 4.78 is 45.9. The van der Waals surface area contributed by atoms with E-state index < -0.39 is 10.0 Å². The summed E-state index contributed by atoms with van der Waals surface area (Å²) in [5.74, 6) is 0.367. The maximum absolute atomic E-state index is 13.4. The SMILES string of the molecule is CN=C(NCc1ccc(S(=O)(=O)N2CCOCC2)s1)N(C)Cc1cccc(F)c1. The van der Waals surface area contributed by atoms with Crippen LogP contribution in [0.3, 0.4) is 0 Å². The van der Waals surface area contributed by atoms with Gasteiger partial charge in [0.25, 0.3) is 10.0 Å². The maximum atomic E-state index is 13.4. The zero-order valence-corrected chi connectivity index (χ0v) is 18.1. The molecule has 1 N–H and O–H groups in total. The van der Waals surface area contributed by atoms with E-state index in [9.17, 15) is 12.8 Å². The van der Waals surface area contributed by atoms with E-state index in [0.717, 1.165) is 10.4 Å². The molecule has 29 heavy (non-hydrogen) atoms. The molecule has 1 fully saturated rings. The molecule has 2 aromatic rings. The molecule has 0 bridgehead atoms. The number of guanidine groups is 1. The Morgan fingerprint density at radius 2 is 2.07 bits per heavy atom. The Morgan fingerprint density at radius 3 is 2.76 bits per heavy atom. The van der Waals surface area contributed by atoms with Crippen LogP contribution in [0.4, 0.5) is 4.39 Å². The molecule has 0 unspecified atom stereocenters. The van der Waals surface area contributed by atoms with Crippen LogP contribution in [0.2, 0.25) is 0 Å². The van der Waals surface area contributed by atoms with Gasteiger partial charge in [0.2, 0.25) is 0 Å². The lowest BCUT2D eigenvalue weighted by molar-refractivity contribution is 0.0731. The average Bonchev–Trinajstić information content (AvgIpc) is 3.19. The summed E-state index contributed by atoms with van der Waals surface area (Å²) in [7, 11) is 0.0593. The van der Waals surface area contributed by atoms with Gasteiger partial charge in [0, 0.05) is 38.6 Å². The number of ether oxygens (including phenoxy) is 1. The molecule has 0 aliphatic carbocycles. The quantitative estimate of drug-likeness (QED) is 0.550. The molecule has 0 atom stereocenters. The van der Waals surface area contributed by atoms with Crippen molar-refractivity contribution in [1.82, 2.24) is 14.5 Å². The van der Waals surface area contributed by atoms with E-state index in [0.29, 0.717) is 49.6 Å². The summed E-state index contributed by atoms with van der Waals surface area (Å²) in [5, 5.41) is 3.23. The lowest BCUT2D eigenvalue weighted by Gasteiger charge is -2.25. The van der Waals surface area contributed by atoms with Crippen LogP contribution in [0.15, 0.2) is 45.6 Å². The number of nitrogens with zero attached hydrogens (tertiary/aromatic N) is 3. The molecule has 3 rings (SSSR count). The summed E-state index contributed by atoms with van der Waals surface area (Å²) in [4.78, 5) is 7.02. The smallest absolute Gasteiger partial charge is 0.252 e. The molecule has 1 aromatic carbocycles. The fraction of sp³-hybridized carbons (Fsp3) is 0.421. The third kappa shape index (κ3) is 5.53. The highest BCUT2D eigenvalue weighted by Crippen LogP contribution is 2.25. The Hall–Kier alpha value is -2.01. The van der Waals surface area contributed by atoms with E-state index in [2.05, 4.69) is 10.3 Å². The van der Waals surface area contributed by atoms with Gasteiger partial charge in [-0.05, 0) is 29.8 Å². The Kier molecular flexibility index (Phi) is 7.23. The summed E-state index contributed by atoms with van der Waals surface area (Å²) in [6.07, 6.45) is 0. The molecule has 1 saturated heterocycles. The van der Waals surface area contributed by atoms with Crippen molar-refractivity contribution < 1.29 is 17.5 Å². The van der Waals surface area contributed by atoms with Crippen molar-refractivity contribution >= 4 is 27.3 Å². The molecule has 1 aliphatic rings. The van der Waals surface area contributed by atoms with E-state index in [1.807, 2.05) is 24.1 Å². The highest BCUT2D eigenvalue weighted by atomic mass is 32.2. The fourth-order valence-corrected chi connectivity index (χ4v) is 5.90. The Bertz CT molecular complexity index is 956. The molecular weight excluding hydrogens is 415 g/mol. The van der Waals surface area contributed by atoms with Crippen LogP contribution in [-0.2, 0) is 27.8 Å². The summed E-state index contributed by atoms with van der Waals surface area (Å²) in [6.45, 7) is 2.55. The first-order valence-electron chi connectivity index (χ1n) is 9.23. The van der Waals surface area contributed by atoms with E-state index in [1.165, 1.54) is 27.8 Å². The molecule has 158 valence electrons. The topological polar surface area (TPSA) is 74.2 Å². The second kappa shape index (κ2) is 9.66. The predicted octanol–water partition coefficient (Wildman–Crippen LogP) is 2.12. The van der Waals surface area contributed by atoms with Gasteiger partial charge < -0.3 is 15.0 Å². The van der Waals surface area contributed by atoms with Crippen LogP contribution in [-0.4, -0.2) is 64.0 Å². The average molecular weight is 441 g/mol. The number of benzene rings is 1. The molecule has 7 nitrogen and oxygen atoms in total. The van der Waals surface area contributed by atoms with Crippen molar-refractivity contribution in [2.75, 3.05) is 40.4 Å². The van der Waals surface area contributed by atoms with Gasteiger partial charge in [0.05, 0.1) is 19.8 Å². The van der Waals surface area contributed by atoms with Gasteiger partial charge in [-0.25, -0.2) is 12.8 Å². The zero-order valence-electron chi connectivity index (χ0n) is 16.5. The normalized spacial score (nSPS) is 16.0. The van der Waals surface area contributed by atoms with Gasteiger partial charge >= 0.3 is 0 Å². The van der Waals surface area contributed by atoms with Crippen LogP contribution >= 0.6 is 11.3 Å². The molecular formula is C19H25FN4O3S2. The van der Waals surface area contributed by atoms with Gasteiger partial charge in [-0.2, -0.15) is 4.31 Å². The molecule has 0 amide bonds. The molecule has 2 heterocycles. The number of aliphatic imine (C=N–C) groups is 1. The van der Waals surface area contributed by atoms with Crippen LogP contribution < -0.4 is 5.32 Å². The van der Waals surface area contributed by atoms with Gasteiger partial charge in [-0.3, -0.25) is 4.99 Å². The molecule has 1 aromatic heterocycles. The zero-order chi connectivity index (χ0) is 20.9. The number of sulfonamides is 1. The lowest BCUT2D eigenvalue weighted by Crippen LogP contribution is -2.40. The number of thiophene rings is 1. The van der Waals surface area contributed by atoms with Crippen molar-refractivity contribution in [1.29, 1.82) is 0 Å². The number of rotatable bonds is 6. The van der Waals surface area contributed by atoms with E-state index in [4.69, 9.17) is 4.74 Å². The van der Waals surface area contributed by atoms with Crippen LogP contribution in [0, 0.1) is 5.82 Å². The first kappa shape index (κ1) is 21.7. The van der Waals surface area contributed by atoms with Crippen molar-refractivity contribution in [3.8, 4) is 0 Å². The van der Waals surface area contributed by atoms with Crippen molar-refractivity contribution in [3.63, 3.8) is 0 Å². The first-order chi connectivity index (χ1) is 13.9. The van der Waals surface area contributed by atoms with Crippen LogP contribution in [0.1, 0.15) is 10.4 Å². The standard InChI is InChI=1S/C19H25FN4O3S2/c1-21-19(23(2)14-15-4-3-5-16(20)12-15)22-13-17-6-7-18(28-17)29(25,26)24-8-10-27-11-9-24/h3-7,12H,8-11,13-14H2,1-2H3,(H,21,22). The maximum Gasteiger partial charge on any atom is 0.252 e. The number of hydrogen-bond acceptors (Lipinski definition) is 5. The minimum absolute atomic E-state index is 0.272. The minimum atomic E-state index is -3.48. The molecule has 0 radical (unpaired) electrons. The number of hydrogen-bond donors (Lipinski definition) is 1. The Morgan fingerprint density at radius 1 is 1.31 bits per heavy atom. The van der Waals surface area contributed by atoms with Gasteiger partial charge in [0.15, 0.2) is 5.96 Å². The van der Waals surface area contributed by atoms with Crippen molar-refractivity contribution in [2.45, 2.75) is 17.3 Å². The van der Waals surface area contributed by atoms with E-state index in [-0.39, 0.29) is 5.82 Å². The molecule has 0 saturated carbocycles. The summed E-state index contributed by atoms with van der Waals surface area (Å²) in [6, 6.07) is 9.89. The van der Waals surface area contributed by atoms with Crippen molar-refractivity contribution in [3.05, 3.63) is 52.7 Å². The highest BCUT2D eigenvalue weighted by molar-refractivity contribution is 7.91. The van der Waals surface area contributed by atoms with E-state index in [1.54, 1.807) is 19.2 Å². The molecule has 0 spiro atoms. The largest absolute Gasteiger partial charge is 0.379 e. The Labute approximate surface area is 174 Å². The third-order valence-corrected chi connectivity index (χ3v) is 7.96. The van der Waals surface area contributed by atoms with Crippen LogP contribution in [0.25, 0.3) is 0 Å². The number of nitrogens with one attached hydrogen (secondary N) is 1. The second-order valence-electron chi connectivity index (χ2n) is 6.62. The predicted molar refractivity (Wildman–Crippen MR) is 112 cm³/mol. The monoisotopic (exact) mass is 440 g/mol. The van der Waals surface area contributed by atoms with Gasteiger partial charge in [0.1, 0.15) is 10.0 Å². The molecule has 1 aliphatic heterocycles. The second-order valence-corrected chi connectivity index (χ2v) is 9.96. The Balaban J connectivity index is 1.60. The summed E-state index contributed by atoms with van der Waals surface area (Å²) >= 11 is 1.25. The van der Waals surface area contributed by atoms with Crippen molar-refractivity contribution in [2.24, 2.45) is 4.99 Å². The minimum Gasteiger partial charge on any atom is -0.379 e.